The fourth-order valence-corrected chi connectivity index (χ4v) is 3.28. The minimum atomic E-state index is -0.348. The van der Waals surface area contributed by atoms with Gasteiger partial charge in [0.25, 0.3) is 0 Å². The Balaban J connectivity index is 0.00000240. The molecule has 1 aromatic carbocycles. The van der Waals surface area contributed by atoms with Gasteiger partial charge in [-0.1, -0.05) is 30.3 Å². The molecule has 0 aliphatic carbocycles. The fraction of sp³-hybridized carbons (Fsp3) is 0.316. The van der Waals surface area contributed by atoms with Crippen LogP contribution in [-0.4, -0.2) is 41.9 Å². The zero-order valence-electron chi connectivity index (χ0n) is 15.9. The third kappa shape index (κ3) is 4.13. The van der Waals surface area contributed by atoms with Crippen LogP contribution in [0.25, 0.3) is 11.4 Å². The molecule has 2 aromatic heterocycles. The van der Waals surface area contributed by atoms with E-state index < -0.39 is 0 Å². The summed E-state index contributed by atoms with van der Waals surface area (Å²) in [6.07, 6.45) is 0. The molecular formula is C19H21ClN8O. The smallest absolute Gasteiger partial charge is 0.244 e. The van der Waals surface area contributed by atoms with E-state index in [9.17, 15) is 4.79 Å². The fourth-order valence-electron chi connectivity index (χ4n) is 3.28. The van der Waals surface area contributed by atoms with E-state index in [1.165, 1.54) is 0 Å². The van der Waals surface area contributed by atoms with Crippen LogP contribution in [0.4, 0.5) is 0 Å². The number of carbonyl (C=O) groups is 1. The Kier molecular flexibility index (Phi) is 5.96. The van der Waals surface area contributed by atoms with E-state index in [4.69, 9.17) is 11.0 Å². The highest BCUT2D eigenvalue weighted by molar-refractivity contribution is 5.85. The van der Waals surface area contributed by atoms with E-state index in [-0.39, 0.29) is 30.9 Å². The molecule has 1 atom stereocenters. The first kappa shape index (κ1) is 20.5. The van der Waals surface area contributed by atoms with Crippen molar-refractivity contribution in [1.29, 1.82) is 5.26 Å². The van der Waals surface area contributed by atoms with Crippen LogP contribution in [-0.2, 0) is 24.4 Å². The lowest BCUT2D eigenvalue weighted by Crippen LogP contribution is -2.40. The van der Waals surface area contributed by atoms with Gasteiger partial charge >= 0.3 is 0 Å². The van der Waals surface area contributed by atoms with Crippen molar-refractivity contribution in [3.05, 3.63) is 53.6 Å². The number of rotatable bonds is 4. The predicted molar refractivity (Wildman–Crippen MR) is 108 cm³/mol. The maximum absolute atomic E-state index is 12.9. The van der Waals surface area contributed by atoms with Crippen LogP contribution in [0.1, 0.15) is 30.2 Å². The van der Waals surface area contributed by atoms with Gasteiger partial charge in [-0.3, -0.25) is 9.48 Å². The quantitative estimate of drug-likeness (QED) is 0.693. The highest BCUT2D eigenvalue weighted by Crippen LogP contribution is 2.19. The third-order valence-corrected chi connectivity index (χ3v) is 4.69. The molecule has 150 valence electrons. The van der Waals surface area contributed by atoms with Crippen molar-refractivity contribution < 1.29 is 4.79 Å². The zero-order chi connectivity index (χ0) is 19.7. The number of carbonyl (C=O) groups excluding carboxylic acids is 1. The van der Waals surface area contributed by atoms with Gasteiger partial charge in [0.1, 0.15) is 18.4 Å². The van der Waals surface area contributed by atoms with Gasteiger partial charge in [0, 0.05) is 12.1 Å². The number of aromatic nitrogens is 5. The molecule has 1 aliphatic rings. The lowest BCUT2D eigenvalue weighted by Gasteiger charge is -2.27. The lowest BCUT2D eigenvalue weighted by molar-refractivity contribution is -0.133. The number of benzene rings is 1. The molecule has 0 spiro atoms. The van der Waals surface area contributed by atoms with Crippen LogP contribution in [0.2, 0.25) is 0 Å². The van der Waals surface area contributed by atoms with Crippen molar-refractivity contribution in [3.63, 3.8) is 0 Å². The summed E-state index contributed by atoms with van der Waals surface area (Å²) in [6.45, 7) is 3.40. The molecule has 0 saturated carbocycles. The highest BCUT2D eigenvalue weighted by atomic mass is 35.5. The van der Waals surface area contributed by atoms with Crippen LogP contribution in [0, 0.1) is 11.3 Å². The second-order valence-electron chi connectivity index (χ2n) is 6.78. The highest BCUT2D eigenvalue weighted by Gasteiger charge is 2.24. The molecule has 0 fully saturated rings. The van der Waals surface area contributed by atoms with Crippen molar-refractivity contribution in [2.45, 2.75) is 32.6 Å². The van der Waals surface area contributed by atoms with Crippen molar-refractivity contribution in [2.75, 3.05) is 6.54 Å². The first-order valence-electron chi connectivity index (χ1n) is 9.05. The number of nitrogens with zero attached hydrogens (tertiary/aromatic N) is 7. The number of halogens is 1. The average molecular weight is 413 g/mol. The number of amides is 1. The molecule has 29 heavy (non-hydrogen) atoms. The van der Waals surface area contributed by atoms with E-state index in [1.807, 2.05) is 43.3 Å². The molecular weight excluding hydrogens is 392 g/mol. The standard InChI is InChI=1S/C19H20N8O.ClH/c1-13(21)19-22-18(14-5-3-2-4-6-14)24-27(19)12-17(28)25-7-8-26-16(11-25)9-15(10-20)23-26;/h2-6,9,13H,7-8,11-12,21H2,1H3;1H/t13-;/m0./s1. The molecule has 0 saturated heterocycles. The Morgan fingerprint density at radius 1 is 1.28 bits per heavy atom. The molecule has 0 bridgehead atoms. The van der Waals surface area contributed by atoms with E-state index in [1.54, 1.807) is 20.3 Å². The van der Waals surface area contributed by atoms with Gasteiger partial charge in [0.2, 0.25) is 5.91 Å². The summed E-state index contributed by atoms with van der Waals surface area (Å²) < 4.78 is 3.36. The SMILES string of the molecule is C[C@H](N)c1nc(-c2ccccc2)nn1CC(=O)N1CCn2nc(C#N)cc2C1.Cl. The summed E-state index contributed by atoms with van der Waals surface area (Å²) in [5.74, 6) is 1.05. The number of nitrogens with two attached hydrogens (primary N) is 1. The summed E-state index contributed by atoms with van der Waals surface area (Å²) in [5, 5.41) is 17.7. The Bertz CT molecular complexity index is 1050. The molecule has 10 heteroatoms. The minimum Gasteiger partial charge on any atom is -0.333 e. The summed E-state index contributed by atoms with van der Waals surface area (Å²) in [4.78, 5) is 19.2. The molecule has 1 amide bonds. The van der Waals surface area contributed by atoms with E-state index >= 15 is 0 Å². The third-order valence-electron chi connectivity index (χ3n) is 4.69. The van der Waals surface area contributed by atoms with E-state index in [0.29, 0.717) is 37.0 Å². The number of hydrogen-bond donors (Lipinski definition) is 1. The average Bonchev–Trinajstić information content (AvgIpc) is 3.31. The Morgan fingerprint density at radius 3 is 2.72 bits per heavy atom. The van der Waals surface area contributed by atoms with E-state index in [2.05, 4.69) is 15.2 Å². The number of nitriles is 1. The monoisotopic (exact) mass is 412 g/mol. The summed E-state index contributed by atoms with van der Waals surface area (Å²) in [6, 6.07) is 13.0. The molecule has 0 unspecified atom stereocenters. The number of fused-ring (bicyclic) bond motifs is 1. The molecule has 3 aromatic rings. The van der Waals surface area contributed by atoms with Crippen LogP contribution in [0.5, 0.6) is 0 Å². The molecule has 2 N–H and O–H groups in total. The molecule has 1 aliphatic heterocycles. The normalized spacial score (nSPS) is 13.9. The summed E-state index contributed by atoms with van der Waals surface area (Å²) in [5.41, 5.74) is 8.15. The maximum Gasteiger partial charge on any atom is 0.244 e. The van der Waals surface area contributed by atoms with Gasteiger partial charge in [0.05, 0.1) is 24.8 Å². The van der Waals surface area contributed by atoms with Crippen molar-refractivity contribution >= 4 is 18.3 Å². The largest absolute Gasteiger partial charge is 0.333 e. The van der Waals surface area contributed by atoms with Crippen LogP contribution in [0.15, 0.2) is 36.4 Å². The first-order valence-corrected chi connectivity index (χ1v) is 9.05. The zero-order valence-corrected chi connectivity index (χ0v) is 16.7. The molecule has 0 radical (unpaired) electrons. The van der Waals surface area contributed by atoms with Gasteiger partial charge in [-0.2, -0.15) is 15.5 Å². The van der Waals surface area contributed by atoms with Crippen LogP contribution >= 0.6 is 12.4 Å². The van der Waals surface area contributed by atoms with Gasteiger partial charge in [-0.05, 0) is 13.0 Å². The van der Waals surface area contributed by atoms with Crippen molar-refractivity contribution in [1.82, 2.24) is 29.4 Å². The maximum atomic E-state index is 12.9. The lowest BCUT2D eigenvalue weighted by atomic mass is 10.2. The number of hydrogen-bond acceptors (Lipinski definition) is 6. The van der Waals surface area contributed by atoms with Gasteiger partial charge in [0.15, 0.2) is 11.5 Å². The summed E-state index contributed by atoms with van der Waals surface area (Å²) in [7, 11) is 0. The Morgan fingerprint density at radius 2 is 2.03 bits per heavy atom. The second kappa shape index (κ2) is 8.43. The molecule has 9 nitrogen and oxygen atoms in total. The molecule has 3 heterocycles. The van der Waals surface area contributed by atoms with Crippen molar-refractivity contribution in [2.24, 2.45) is 5.73 Å². The topological polar surface area (TPSA) is 119 Å². The van der Waals surface area contributed by atoms with E-state index in [0.717, 1.165) is 11.3 Å². The van der Waals surface area contributed by atoms with Crippen molar-refractivity contribution in [3.8, 4) is 17.5 Å². The Labute approximate surface area is 174 Å². The molecule has 4 rings (SSSR count). The first-order chi connectivity index (χ1) is 13.5. The predicted octanol–water partition coefficient (Wildman–Crippen LogP) is 1.50. The van der Waals surface area contributed by atoms with Gasteiger partial charge in [-0.15, -0.1) is 12.4 Å². The van der Waals surface area contributed by atoms with Gasteiger partial charge < -0.3 is 10.6 Å². The van der Waals surface area contributed by atoms with Crippen LogP contribution < -0.4 is 5.73 Å². The summed E-state index contributed by atoms with van der Waals surface area (Å²) >= 11 is 0. The van der Waals surface area contributed by atoms with Crippen LogP contribution in [0.3, 0.4) is 0 Å². The van der Waals surface area contributed by atoms with Gasteiger partial charge in [-0.25, -0.2) is 9.67 Å². The second-order valence-corrected chi connectivity index (χ2v) is 6.78. The minimum absolute atomic E-state index is 0. The Hall–Kier alpha value is -3.22.